The Morgan fingerprint density at radius 3 is 2.76 bits per heavy atom. The second-order valence-corrected chi connectivity index (χ2v) is 7.30. The summed E-state index contributed by atoms with van der Waals surface area (Å²) in [4.78, 5) is 4.20. The highest BCUT2D eigenvalue weighted by molar-refractivity contribution is 7.88. The molecule has 0 fully saturated rings. The van der Waals surface area contributed by atoms with Crippen LogP contribution in [0.25, 0.3) is 5.69 Å². The molecule has 0 N–H and O–H groups in total. The van der Waals surface area contributed by atoms with Gasteiger partial charge in [-0.2, -0.15) is 5.10 Å². The smallest absolute Gasteiger partial charge is 0.210 e. The topological polar surface area (TPSA) is 68.1 Å². The number of nitrogens with zero attached hydrogens (tertiary/aromatic N) is 4. The predicted molar refractivity (Wildman–Crippen MR) is 82.3 cm³/mol. The van der Waals surface area contributed by atoms with Crippen LogP contribution in [-0.2, 0) is 16.4 Å². The molecule has 1 heterocycles. The molecule has 0 aliphatic carbocycles. The van der Waals surface area contributed by atoms with Crippen molar-refractivity contribution < 1.29 is 8.42 Å². The number of likely N-dealkylation sites (N-methyl/N-ethyl adjacent to an activating group) is 1. The van der Waals surface area contributed by atoms with E-state index in [9.17, 15) is 8.42 Å². The molecule has 0 spiro atoms. The summed E-state index contributed by atoms with van der Waals surface area (Å²) in [5, 5.41) is 4.86. The molecular formula is C13H17ClN4O2S. The molecule has 8 heteroatoms. The molecule has 0 bridgehead atoms. The molecular weight excluding hydrogens is 312 g/mol. The van der Waals surface area contributed by atoms with Gasteiger partial charge in [0, 0.05) is 25.0 Å². The molecule has 114 valence electrons. The molecule has 0 saturated carbocycles. The first-order chi connectivity index (χ1) is 9.80. The lowest BCUT2D eigenvalue weighted by Gasteiger charge is -2.14. The van der Waals surface area contributed by atoms with Crippen molar-refractivity contribution in [1.29, 1.82) is 0 Å². The Labute approximate surface area is 129 Å². The maximum Gasteiger partial charge on any atom is 0.210 e. The quantitative estimate of drug-likeness (QED) is 0.837. The monoisotopic (exact) mass is 328 g/mol. The molecule has 2 aromatic rings. The van der Waals surface area contributed by atoms with Gasteiger partial charge in [-0.1, -0.05) is 17.7 Å². The molecule has 0 atom stereocenters. The third-order valence-corrected chi connectivity index (χ3v) is 5.03. The zero-order valence-corrected chi connectivity index (χ0v) is 13.7. The Balaban J connectivity index is 2.25. The summed E-state index contributed by atoms with van der Waals surface area (Å²) < 4.78 is 25.8. The van der Waals surface area contributed by atoms with Crippen LogP contribution in [0.4, 0.5) is 0 Å². The van der Waals surface area contributed by atoms with Crippen molar-refractivity contribution in [2.45, 2.75) is 13.3 Å². The second kappa shape index (κ2) is 6.13. The summed E-state index contributed by atoms with van der Waals surface area (Å²) in [6.07, 6.45) is 3.10. The SMILES string of the molecule is Cc1c(Cl)cccc1-n1ncnc1CCN(C)S(C)(=O)=O. The molecule has 0 radical (unpaired) electrons. The van der Waals surface area contributed by atoms with E-state index in [1.54, 1.807) is 11.7 Å². The van der Waals surface area contributed by atoms with Gasteiger partial charge >= 0.3 is 0 Å². The van der Waals surface area contributed by atoms with Gasteiger partial charge in [-0.05, 0) is 24.6 Å². The lowest BCUT2D eigenvalue weighted by molar-refractivity contribution is 0.472. The van der Waals surface area contributed by atoms with E-state index in [1.807, 2.05) is 25.1 Å². The molecule has 0 unspecified atom stereocenters. The van der Waals surface area contributed by atoms with Gasteiger partial charge in [0.1, 0.15) is 12.2 Å². The van der Waals surface area contributed by atoms with Gasteiger partial charge in [0.2, 0.25) is 10.0 Å². The van der Waals surface area contributed by atoms with Gasteiger partial charge < -0.3 is 0 Å². The van der Waals surface area contributed by atoms with Gasteiger partial charge in [0.25, 0.3) is 0 Å². The van der Waals surface area contributed by atoms with Crippen LogP contribution >= 0.6 is 11.6 Å². The summed E-state index contributed by atoms with van der Waals surface area (Å²) in [5.74, 6) is 0.691. The summed E-state index contributed by atoms with van der Waals surface area (Å²) >= 11 is 6.12. The van der Waals surface area contributed by atoms with E-state index in [-0.39, 0.29) is 0 Å². The van der Waals surface area contributed by atoms with Crippen LogP contribution in [-0.4, -0.2) is 47.3 Å². The van der Waals surface area contributed by atoms with Gasteiger partial charge in [-0.3, -0.25) is 0 Å². The first-order valence-corrected chi connectivity index (χ1v) is 8.59. The molecule has 0 aliphatic rings. The summed E-state index contributed by atoms with van der Waals surface area (Å²) in [6.45, 7) is 2.25. The van der Waals surface area contributed by atoms with E-state index in [0.29, 0.717) is 23.8 Å². The Hall–Kier alpha value is -1.44. The largest absolute Gasteiger partial charge is 0.220 e. The molecule has 21 heavy (non-hydrogen) atoms. The highest BCUT2D eigenvalue weighted by Gasteiger charge is 2.14. The van der Waals surface area contributed by atoms with Crippen molar-refractivity contribution in [3.63, 3.8) is 0 Å². The van der Waals surface area contributed by atoms with E-state index in [1.165, 1.54) is 16.9 Å². The van der Waals surface area contributed by atoms with Crippen LogP contribution in [0.2, 0.25) is 5.02 Å². The van der Waals surface area contributed by atoms with Gasteiger partial charge in [0.05, 0.1) is 11.9 Å². The zero-order valence-electron chi connectivity index (χ0n) is 12.1. The third-order valence-electron chi connectivity index (χ3n) is 3.30. The molecule has 1 aromatic carbocycles. The average molecular weight is 329 g/mol. The van der Waals surface area contributed by atoms with Crippen LogP contribution in [0, 0.1) is 6.92 Å². The first kappa shape index (κ1) is 15.9. The highest BCUT2D eigenvalue weighted by Crippen LogP contribution is 2.22. The Kier molecular flexibility index (Phi) is 4.65. The number of rotatable bonds is 5. The number of sulfonamides is 1. The first-order valence-electron chi connectivity index (χ1n) is 6.36. The number of aromatic nitrogens is 3. The minimum Gasteiger partial charge on any atom is -0.220 e. The van der Waals surface area contributed by atoms with Crippen LogP contribution in [0.1, 0.15) is 11.4 Å². The number of hydrogen-bond acceptors (Lipinski definition) is 4. The lowest BCUT2D eigenvalue weighted by atomic mass is 10.2. The fourth-order valence-electron chi connectivity index (χ4n) is 1.89. The Morgan fingerprint density at radius 2 is 2.10 bits per heavy atom. The highest BCUT2D eigenvalue weighted by atomic mass is 35.5. The minimum absolute atomic E-state index is 0.344. The molecule has 1 aromatic heterocycles. The van der Waals surface area contributed by atoms with Crippen LogP contribution in [0.3, 0.4) is 0 Å². The summed E-state index contributed by atoms with van der Waals surface area (Å²) in [5.41, 5.74) is 1.75. The lowest BCUT2D eigenvalue weighted by Crippen LogP contribution is -2.28. The maximum absolute atomic E-state index is 11.4. The fourth-order valence-corrected chi connectivity index (χ4v) is 2.48. The van der Waals surface area contributed by atoms with E-state index < -0.39 is 10.0 Å². The van der Waals surface area contributed by atoms with Crippen LogP contribution in [0.5, 0.6) is 0 Å². The average Bonchev–Trinajstić information content (AvgIpc) is 2.86. The third kappa shape index (κ3) is 3.61. The Morgan fingerprint density at radius 1 is 1.38 bits per heavy atom. The number of benzene rings is 1. The number of halogens is 1. The van der Waals surface area contributed by atoms with Crippen molar-refractivity contribution in [2.24, 2.45) is 0 Å². The van der Waals surface area contributed by atoms with Crippen molar-refractivity contribution in [3.8, 4) is 5.69 Å². The van der Waals surface area contributed by atoms with Gasteiger partial charge in [-0.15, -0.1) is 0 Å². The molecule has 0 saturated heterocycles. The Bertz CT molecular complexity index is 742. The minimum atomic E-state index is -3.19. The fraction of sp³-hybridized carbons (Fsp3) is 0.385. The molecule has 2 rings (SSSR count). The standard InChI is InChI=1S/C13H17ClN4O2S/c1-10-11(14)5-4-6-12(10)18-13(15-9-16-18)7-8-17(2)21(3,19)20/h4-6,9H,7-8H2,1-3H3. The molecule has 6 nitrogen and oxygen atoms in total. The summed E-state index contributed by atoms with van der Waals surface area (Å²) in [6, 6.07) is 5.56. The van der Waals surface area contributed by atoms with Crippen LogP contribution in [0.15, 0.2) is 24.5 Å². The molecule has 0 amide bonds. The summed E-state index contributed by atoms with van der Waals surface area (Å²) in [7, 11) is -1.65. The maximum atomic E-state index is 11.4. The van der Waals surface area contributed by atoms with Crippen LogP contribution < -0.4 is 0 Å². The second-order valence-electron chi connectivity index (χ2n) is 4.81. The van der Waals surface area contributed by atoms with Gasteiger partial charge in [0.15, 0.2) is 0 Å². The van der Waals surface area contributed by atoms with Gasteiger partial charge in [-0.25, -0.2) is 22.4 Å². The van der Waals surface area contributed by atoms with Crippen molar-refractivity contribution in [3.05, 3.63) is 40.9 Å². The normalized spacial score (nSPS) is 12.0. The van der Waals surface area contributed by atoms with E-state index in [0.717, 1.165) is 11.3 Å². The number of hydrogen-bond donors (Lipinski definition) is 0. The van der Waals surface area contributed by atoms with E-state index in [2.05, 4.69) is 10.1 Å². The molecule has 0 aliphatic heterocycles. The van der Waals surface area contributed by atoms with E-state index in [4.69, 9.17) is 11.6 Å². The van der Waals surface area contributed by atoms with E-state index >= 15 is 0 Å². The van der Waals surface area contributed by atoms with Crippen molar-refractivity contribution in [2.75, 3.05) is 19.8 Å². The van der Waals surface area contributed by atoms with Crippen molar-refractivity contribution >= 4 is 21.6 Å². The predicted octanol–water partition coefficient (Wildman–Crippen LogP) is 1.66. The van der Waals surface area contributed by atoms with Crippen molar-refractivity contribution in [1.82, 2.24) is 19.1 Å². The zero-order chi connectivity index (χ0) is 15.6.